The molecule has 1 amide bonds. The topological polar surface area (TPSA) is 75.7 Å². The zero-order chi connectivity index (χ0) is 22.4. The van der Waals surface area contributed by atoms with E-state index in [2.05, 4.69) is 5.32 Å². The lowest BCUT2D eigenvalue weighted by molar-refractivity contribution is 0.0636. The molecule has 3 rings (SSSR count). The van der Waals surface area contributed by atoms with Gasteiger partial charge in [-0.1, -0.05) is 35.3 Å². The van der Waals surface area contributed by atoms with Gasteiger partial charge in [-0.2, -0.15) is 0 Å². The van der Waals surface area contributed by atoms with E-state index in [0.717, 1.165) is 38.7 Å². The summed E-state index contributed by atoms with van der Waals surface area (Å²) in [6.45, 7) is 2.22. The van der Waals surface area contributed by atoms with Crippen molar-refractivity contribution in [3.63, 3.8) is 0 Å². The fourth-order valence-electron chi connectivity index (χ4n) is 3.53. The molecular weight excluding hydrogens is 459 g/mol. The van der Waals surface area contributed by atoms with Gasteiger partial charge in [0.2, 0.25) is 10.0 Å². The third kappa shape index (κ3) is 6.59. The number of ether oxygens (including phenoxy) is 1. The van der Waals surface area contributed by atoms with Gasteiger partial charge in [-0.05, 0) is 61.1 Å². The van der Waals surface area contributed by atoms with Crippen LogP contribution in [0.15, 0.2) is 42.5 Å². The molecule has 1 heterocycles. The Morgan fingerprint density at radius 1 is 1.13 bits per heavy atom. The van der Waals surface area contributed by atoms with Crippen LogP contribution >= 0.6 is 23.2 Å². The quantitative estimate of drug-likeness (QED) is 0.597. The van der Waals surface area contributed by atoms with Crippen LogP contribution in [0.1, 0.15) is 35.2 Å². The van der Waals surface area contributed by atoms with Gasteiger partial charge in [0.05, 0.1) is 28.5 Å². The van der Waals surface area contributed by atoms with E-state index in [1.807, 2.05) is 0 Å². The molecule has 1 fully saturated rings. The van der Waals surface area contributed by atoms with Crippen LogP contribution in [0.2, 0.25) is 10.0 Å². The van der Waals surface area contributed by atoms with Gasteiger partial charge in [0, 0.05) is 25.3 Å². The van der Waals surface area contributed by atoms with Gasteiger partial charge in [-0.25, -0.2) is 8.42 Å². The molecule has 9 heteroatoms. The largest absolute Gasteiger partial charge is 0.381 e. The normalized spacial score (nSPS) is 14.9. The van der Waals surface area contributed by atoms with Gasteiger partial charge in [-0.3, -0.25) is 9.10 Å². The van der Waals surface area contributed by atoms with Crippen LogP contribution in [0, 0.1) is 5.92 Å². The van der Waals surface area contributed by atoms with E-state index < -0.39 is 10.0 Å². The van der Waals surface area contributed by atoms with Crippen LogP contribution in [-0.4, -0.2) is 40.3 Å². The van der Waals surface area contributed by atoms with Gasteiger partial charge in [0.1, 0.15) is 0 Å². The molecule has 0 radical (unpaired) electrons. The maximum atomic E-state index is 12.4. The Labute approximate surface area is 193 Å². The van der Waals surface area contributed by atoms with Gasteiger partial charge >= 0.3 is 0 Å². The molecule has 0 saturated carbocycles. The molecule has 0 aliphatic carbocycles. The Balaban J connectivity index is 1.66. The standard InChI is InChI=1S/C22H26Cl2N2O4S/c1-31(28,29)26(15-18-3-2-4-20(23)21(18)24)19-7-5-17(6-8-19)22(27)25-12-9-16-10-13-30-14-11-16/h2-8,16H,9-15H2,1H3,(H,25,27). The fourth-order valence-corrected chi connectivity index (χ4v) is 4.79. The minimum Gasteiger partial charge on any atom is -0.381 e. The van der Waals surface area contributed by atoms with Crippen LogP contribution in [-0.2, 0) is 21.3 Å². The summed E-state index contributed by atoms with van der Waals surface area (Å²) in [6, 6.07) is 11.6. The van der Waals surface area contributed by atoms with Crippen molar-refractivity contribution in [2.75, 3.05) is 30.3 Å². The Hall–Kier alpha value is -1.80. The van der Waals surface area contributed by atoms with E-state index in [1.54, 1.807) is 42.5 Å². The van der Waals surface area contributed by atoms with Crippen molar-refractivity contribution in [3.05, 3.63) is 63.6 Å². The van der Waals surface area contributed by atoms with E-state index in [-0.39, 0.29) is 12.5 Å². The Morgan fingerprint density at radius 3 is 2.45 bits per heavy atom. The van der Waals surface area contributed by atoms with E-state index >= 15 is 0 Å². The summed E-state index contributed by atoms with van der Waals surface area (Å²) in [4.78, 5) is 12.4. The summed E-state index contributed by atoms with van der Waals surface area (Å²) in [7, 11) is -3.58. The highest BCUT2D eigenvalue weighted by Gasteiger charge is 2.20. The predicted molar refractivity (Wildman–Crippen MR) is 124 cm³/mol. The van der Waals surface area contributed by atoms with E-state index in [0.29, 0.717) is 39.3 Å². The van der Waals surface area contributed by atoms with E-state index in [1.165, 1.54) is 4.31 Å². The first kappa shape index (κ1) is 23.9. The molecule has 1 saturated heterocycles. The number of rotatable bonds is 8. The second-order valence-corrected chi connectivity index (χ2v) is 10.3. The highest BCUT2D eigenvalue weighted by molar-refractivity contribution is 7.92. The number of halogens is 2. The number of hydrogen-bond donors (Lipinski definition) is 1. The van der Waals surface area contributed by atoms with Crippen molar-refractivity contribution in [1.82, 2.24) is 5.32 Å². The Morgan fingerprint density at radius 2 is 1.81 bits per heavy atom. The van der Waals surface area contributed by atoms with Crippen LogP contribution in [0.3, 0.4) is 0 Å². The van der Waals surface area contributed by atoms with Crippen molar-refractivity contribution in [3.8, 4) is 0 Å². The SMILES string of the molecule is CS(=O)(=O)N(Cc1cccc(Cl)c1Cl)c1ccc(C(=O)NCCC2CCOCC2)cc1. The molecule has 0 spiro atoms. The molecule has 31 heavy (non-hydrogen) atoms. The molecule has 6 nitrogen and oxygen atoms in total. The van der Waals surface area contributed by atoms with E-state index in [4.69, 9.17) is 27.9 Å². The van der Waals surface area contributed by atoms with Crippen molar-refractivity contribution in [1.29, 1.82) is 0 Å². The molecule has 2 aromatic rings. The van der Waals surface area contributed by atoms with Crippen LogP contribution in [0.25, 0.3) is 0 Å². The molecule has 0 atom stereocenters. The second kappa shape index (κ2) is 10.7. The maximum Gasteiger partial charge on any atom is 0.251 e. The number of benzene rings is 2. The van der Waals surface area contributed by atoms with E-state index in [9.17, 15) is 13.2 Å². The van der Waals surface area contributed by atoms with Crippen molar-refractivity contribution in [2.45, 2.75) is 25.8 Å². The molecule has 1 aliphatic rings. The maximum absolute atomic E-state index is 12.4. The number of amides is 1. The summed E-state index contributed by atoms with van der Waals surface area (Å²) >= 11 is 12.3. The zero-order valence-electron chi connectivity index (χ0n) is 17.3. The average Bonchev–Trinajstić information content (AvgIpc) is 2.75. The minimum atomic E-state index is -3.58. The van der Waals surface area contributed by atoms with Crippen LogP contribution < -0.4 is 9.62 Å². The van der Waals surface area contributed by atoms with Gasteiger partial charge in [-0.15, -0.1) is 0 Å². The Kier molecular flexibility index (Phi) is 8.22. The number of carbonyl (C=O) groups is 1. The lowest BCUT2D eigenvalue weighted by Gasteiger charge is -2.23. The average molecular weight is 485 g/mol. The lowest BCUT2D eigenvalue weighted by atomic mass is 9.97. The second-order valence-electron chi connectivity index (χ2n) is 7.63. The number of sulfonamides is 1. The van der Waals surface area contributed by atoms with Crippen molar-refractivity contribution >= 4 is 44.8 Å². The van der Waals surface area contributed by atoms with Crippen molar-refractivity contribution < 1.29 is 17.9 Å². The summed E-state index contributed by atoms with van der Waals surface area (Å²) in [6.07, 6.45) is 4.11. The third-order valence-corrected chi connectivity index (χ3v) is 7.34. The molecule has 2 aromatic carbocycles. The summed E-state index contributed by atoms with van der Waals surface area (Å²) in [5, 5.41) is 3.61. The van der Waals surface area contributed by atoms with Gasteiger partial charge in [0.25, 0.3) is 5.91 Å². The number of anilines is 1. The molecule has 0 unspecified atom stereocenters. The molecule has 1 aliphatic heterocycles. The fraction of sp³-hybridized carbons (Fsp3) is 0.409. The van der Waals surface area contributed by atoms with Crippen LogP contribution in [0.5, 0.6) is 0 Å². The lowest BCUT2D eigenvalue weighted by Crippen LogP contribution is -2.30. The number of nitrogens with zero attached hydrogens (tertiary/aromatic N) is 1. The van der Waals surface area contributed by atoms with Crippen molar-refractivity contribution in [2.24, 2.45) is 5.92 Å². The molecule has 0 bridgehead atoms. The molecular formula is C22H26Cl2N2O4S. The zero-order valence-corrected chi connectivity index (χ0v) is 19.6. The molecule has 1 N–H and O–H groups in total. The number of nitrogens with one attached hydrogen (secondary N) is 1. The highest BCUT2D eigenvalue weighted by atomic mass is 35.5. The highest BCUT2D eigenvalue weighted by Crippen LogP contribution is 2.29. The molecule has 168 valence electrons. The Bertz CT molecular complexity index is 1010. The summed E-state index contributed by atoms with van der Waals surface area (Å²) in [5.41, 5.74) is 1.51. The first-order valence-electron chi connectivity index (χ1n) is 10.1. The molecule has 0 aromatic heterocycles. The first-order chi connectivity index (χ1) is 14.8. The van der Waals surface area contributed by atoms with Crippen LogP contribution in [0.4, 0.5) is 5.69 Å². The third-order valence-electron chi connectivity index (χ3n) is 5.34. The number of carbonyl (C=O) groups excluding carboxylic acids is 1. The van der Waals surface area contributed by atoms with Gasteiger partial charge < -0.3 is 10.1 Å². The monoisotopic (exact) mass is 484 g/mol. The van der Waals surface area contributed by atoms with Gasteiger partial charge in [0.15, 0.2) is 0 Å². The number of hydrogen-bond acceptors (Lipinski definition) is 4. The first-order valence-corrected chi connectivity index (χ1v) is 12.7. The summed E-state index contributed by atoms with van der Waals surface area (Å²) < 4.78 is 31.4. The minimum absolute atomic E-state index is 0.0366. The summed E-state index contributed by atoms with van der Waals surface area (Å²) in [5.74, 6) is 0.403. The predicted octanol–water partition coefficient (Wildman–Crippen LogP) is 4.51. The smallest absolute Gasteiger partial charge is 0.251 e.